The summed E-state index contributed by atoms with van der Waals surface area (Å²) in [5, 5.41) is 8.35. The van der Waals surface area contributed by atoms with Crippen molar-refractivity contribution in [2.75, 3.05) is 5.73 Å². The lowest BCUT2D eigenvalue weighted by atomic mass is 10.0. The van der Waals surface area contributed by atoms with Gasteiger partial charge in [0.1, 0.15) is 11.5 Å². The maximum Gasteiger partial charge on any atom is 0.132 e. The van der Waals surface area contributed by atoms with Crippen LogP contribution in [0.15, 0.2) is 42.7 Å². The van der Waals surface area contributed by atoms with Gasteiger partial charge in [0.05, 0.1) is 6.20 Å². The molecule has 0 bridgehead atoms. The van der Waals surface area contributed by atoms with Crippen LogP contribution < -0.4 is 5.73 Å². The molecule has 1 aromatic carbocycles. The van der Waals surface area contributed by atoms with E-state index in [2.05, 4.69) is 54.3 Å². The molecule has 2 N–H and O–H groups in total. The normalized spacial score (nSPS) is 11.1. The Morgan fingerprint density at radius 2 is 1.95 bits per heavy atom. The maximum absolute atomic E-state index is 6.03. The third-order valence-corrected chi connectivity index (χ3v) is 3.59. The number of rotatable bonds is 3. The van der Waals surface area contributed by atoms with Crippen molar-refractivity contribution in [2.45, 2.75) is 26.8 Å². The number of nitrogens with two attached hydrogens (primary N) is 1. The van der Waals surface area contributed by atoms with Gasteiger partial charge in [0, 0.05) is 23.4 Å². The van der Waals surface area contributed by atoms with Crippen molar-refractivity contribution < 1.29 is 0 Å². The van der Waals surface area contributed by atoms with E-state index in [1.807, 2.05) is 23.0 Å². The number of hydrogen-bond donors (Lipinski definition) is 1. The standard InChI is InChI=1S/C17H19N5/c1-11(2)22-10-16(20-21-22)15-8-14(9-19-17(15)18)13-6-4-5-12(3)7-13/h4-11H,1-3H3,(H2,18,19). The van der Waals surface area contributed by atoms with Gasteiger partial charge in [0.25, 0.3) is 0 Å². The fourth-order valence-electron chi connectivity index (χ4n) is 2.32. The third-order valence-electron chi connectivity index (χ3n) is 3.59. The van der Waals surface area contributed by atoms with Gasteiger partial charge in [-0.15, -0.1) is 5.10 Å². The Bertz CT molecular complexity index is 804. The molecule has 3 rings (SSSR count). The predicted molar refractivity (Wildman–Crippen MR) is 88.2 cm³/mol. The van der Waals surface area contributed by atoms with Gasteiger partial charge in [0.15, 0.2) is 0 Å². The SMILES string of the molecule is Cc1cccc(-c2cnc(N)c(-c3cn(C(C)C)nn3)c2)c1. The van der Waals surface area contributed by atoms with E-state index >= 15 is 0 Å². The molecule has 0 aliphatic heterocycles. The van der Waals surface area contributed by atoms with Gasteiger partial charge >= 0.3 is 0 Å². The van der Waals surface area contributed by atoms with E-state index in [0.29, 0.717) is 5.82 Å². The molecular formula is C17H19N5. The largest absolute Gasteiger partial charge is 0.383 e. The van der Waals surface area contributed by atoms with Crippen molar-refractivity contribution in [2.24, 2.45) is 0 Å². The first-order valence-electron chi connectivity index (χ1n) is 7.29. The van der Waals surface area contributed by atoms with Crippen LogP contribution in [0.5, 0.6) is 0 Å². The zero-order chi connectivity index (χ0) is 15.7. The highest BCUT2D eigenvalue weighted by atomic mass is 15.4. The molecule has 112 valence electrons. The van der Waals surface area contributed by atoms with Crippen LogP contribution in [-0.4, -0.2) is 20.0 Å². The topological polar surface area (TPSA) is 69.6 Å². The third kappa shape index (κ3) is 2.70. The van der Waals surface area contributed by atoms with Crippen LogP contribution in [0.25, 0.3) is 22.4 Å². The minimum Gasteiger partial charge on any atom is -0.383 e. The maximum atomic E-state index is 6.03. The first-order valence-corrected chi connectivity index (χ1v) is 7.29. The lowest BCUT2D eigenvalue weighted by Gasteiger charge is -2.07. The second kappa shape index (κ2) is 5.60. The van der Waals surface area contributed by atoms with E-state index < -0.39 is 0 Å². The van der Waals surface area contributed by atoms with Crippen molar-refractivity contribution in [1.82, 2.24) is 20.0 Å². The van der Waals surface area contributed by atoms with Gasteiger partial charge in [0.2, 0.25) is 0 Å². The molecule has 0 radical (unpaired) electrons. The quantitative estimate of drug-likeness (QED) is 0.802. The summed E-state index contributed by atoms with van der Waals surface area (Å²) in [5.41, 5.74) is 10.9. The number of nitrogen functional groups attached to an aromatic ring is 1. The first kappa shape index (κ1) is 14.3. The molecule has 0 atom stereocenters. The molecule has 0 saturated carbocycles. The van der Waals surface area contributed by atoms with E-state index in [1.165, 1.54) is 5.56 Å². The van der Waals surface area contributed by atoms with Crippen molar-refractivity contribution in [3.05, 3.63) is 48.3 Å². The summed E-state index contributed by atoms with van der Waals surface area (Å²) in [5.74, 6) is 0.465. The van der Waals surface area contributed by atoms with Gasteiger partial charge in [-0.3, -0.25) is 0 Å². The highest BCUT2D eigenvalue weighted by Gasteiger charge is 2.12. The van der Waals surface area contributed by atoms with Gasteiger partial charge in [-0.25, -0.2) is 9.67 Å². The van der Waals surface area contributed by atoms with Gasteiger partial charge < -0.3 is 5.73 Å². The second-order valence-electron chi connectivity index (χ2n) is 5.70. The molecule has 2 aromatic heterocycles. The molecule has 0 unspecified atom stereocenters. The molecule has 0 aliphatic rings. The molecule has 0 spiro atoms. The van der Waals surface area contributed by atoms with E-state index in [4.69, 9.17) is 5.73 Å². The monoisotopic (exact) mass is 293 g/mol. The van der Waals surface area contributed by atoms with Crippen LogP contribution >= 0.6 is 0 Å². The summed E-state index contributed by atoms with van der Waals surface area (Å²) < 4.78 is 1.81. The summed E-state index contributed by atoms with van der Waals surface area (Å²) in [6, 6.07) is 10.6. The molecule has 2 heterocycles. The summed E-state index contributed by atoms with van der Waals surface area (Å²) in [6.45, 7) is 6.19. The Hall–Kier alpha value is -2.69. The number of hydrogen-bond acceptors (Lipinski definition) is 4. The van der Waals surface area contributed by atoms with Crippen molar-refractivity contribution in [3.8, 4) is 22.4 Å². The lowest BCUT2D eigenvalue weighted by Crippen LogP contribution is -2.00. The molecule has 0 amide bonds. The van der Waals surface area contributed by atoms with E-state index in [-0.39, 0.29) is 6.04 Å². The second-order valence-corrected chi connectivity index (χ2v) is 5.70. The molecule has 3 aromatic rings. The van der Waals surface area contributed by atoms with Crippen LogP contribution in [0.1, 0.15) is 25.5 Å². The molecule has 5 heteroatoms. The van der Waals surface area contributed by atoms with Gasteiger partial charge in [-0.05, 0) is 32.4 Å². The van der Waals surface area contributed by atoms with Crippen molar-refractivity contribution in [1.29, 1.82) is 0 Å². The Morgan fingerprint density at radius 1 is 1.14 bits per heavy atom. The lowest BCUT2D eigenvalue weighted by molar-refractivity contribution is 0.514. The molecule has 0 aliphatic carbocycles. The molecule has 0 saturated heterocycles. The minimum atomic E-state index is 0.260. The first-order chi connectivity index (χ1) is 10.5. The molecule has 22 heavy (non-hydrogen) atoms. The fraction of sp³-hybridized carbons (Fsp3) is 0.235. The Morgan fingerprint density at radius 3 is 2.64 bits per heavy atom. The summed E-state index contributed by atoms with van der Waals surface area (Å²) in [7, 11) is 0. The zero-order valence-electron chi connectivity index (χ0n) is 13.0. The molecule has 0 fully saturated rings. The number of benzene rings is 1. The van der Waals surface area contributed by atoms with E-state index in [1.54, 1.807) is 6.20 Å². The summed E-state index contributed by atoms with van der Waals surface area (Å²) >= 11 is 0. The van der Waals surface area contributed by atoms with Crippen LogP contribution in [0, 0.1) is 6.92 Å². The number of aryl methyl sites for hydroxylation is 1. The van der Waals surface area contributed by atoms with Crippen LogP contribution in [0.2, 0.25) is 0 Å². The summed E-state index contributed by atoms with van der Waals surface area (Å²) in [4.78, 5) is 4.32. The Labute approximate surface area is 129 Å². The number of nitrogens with zero attached hydrogens (tertiary/aromatic N) is 4. The zero-order valence-corrected chi connectivity index (χ0v) is 13.0. The highest BCUT2D eigenvalue weighted by Crippen LogP contribution is 2.28. The average Bonchev–Trinajstić information content (AvgIpc) is 2.97. The van der Waals surface area contributed by atoms with Crippen molar-refractivity contribution in [3.63, 3.8) is 0 Å². The number of anilines is 1. The van der Waals surface area contributed by atoms with Crippen molar-refractivity contribution >= 4 is 5.82 Å². The van der Waals surface area contributed by atoms with E-state index in [9.17, 15) is 0 Å². The van der Waals surface area contributed by atoms with Crippen LogP contribution in [0.3, 0.4) is 0 Å². The fourth-order valence-corrected chi connectivity index (χ4v) is 2.32. The number of aromatic nitrogens is 4. The van der Waals surface area contributed by atoms with Crippen LogP contribution in [-0.2, 0) is 0 Å². The average molecular weight is 293 g/mol. The Kier molecular flexibility index (Phi) is 3.63. The van der Waals surface area contributed by atoms with Crippen LogP contribution in [0.4, 0.5) is 5.82 Å². The van der Waals surface area contributed by atoms with E-state index in [0.717, 1.165) is 22.4 Å². The molecular weight excluding hydrogens is 274 g/mol. The smallest absolute Gasteiger partial charge is 0.132 e. The van der Waals surface area contributed by atoms with Gasteiger partial charge in [-0.2, -0.15) is 0 Å². The Balaban J connectivity index is 2.06. The summed E-state index contributed by atoms with van der Waals surface area (Å²) in [6.07, 6.45) is 3.69. The number of pyridine rings is 1. The minimum absolute atomic E-state index is 0.260. The molecule has 5 nitrogen and oxygen atoms in total. The highest BCUT2D eigenvalue weighted by molar-refractivity contribution is 5.77. The van der Waals surface area contributed by atoms with Gasteiger partial charge in [-0.1, -0.05) is 35.0 Å². The predicted octanol–water partition coefficient (Wildman–Crippen LogP) is 3.48.